The van der Waals surface area contributed by atoms with Crippen molar-refractivity contribution in [3.05, 3.63) is 21.6 Å². The van der Waals surface area contributed by atoms with Crippen LogP contribution < -0.4 is 0 Å². The second kappa shape index (κ2) is 6.31. The summed E-state index contributed by atoms with van der Waals surface area (Å²) in [5.41, 5.74) is 1.50. The molecule has 0 bridgehead atoms. The maximum atomic E-state index is 2.34. The zero-order valence-corrected chi connectivity index (χ0v) is 9.95. The van der Waals surface area contributed by atoms with E-state index < -0.39 is 0 Å². The van der Waals surface area contributed by atoms with Gasteiger partial charge in [0.2, 0.25) is 0 Å². The van der Waals surface area contributed by atoms with Crippen LogP contribution in [0.15, 0.2) is 21.6 Å². The topological polar surface area (TPSA) is 0 Å². The second-order valence-corrected chi connectivity index (χ2v) is 3.39. The van der Waals surface area contributed by atoms with Crippen LogP contribution in [0.5, 0.6) is 0 Å². The van der Waals surface area contributed by atoms with Crippen LogP contribution in [-0.4, -0.2) is 0 Å². The fourth-order valence-corrected chi connectivity index (χ4v) is 1.43. The van der Waals surface area contributed by atoms with E-state index in [2.05, 4.69) is 46.4 Å². The van der Waals surface area contributed by atoms with Crippen LogP contribution in [0, 0.1) is 5.92 Å². The quantitative estimate of drug-likeness (QED) is 0.604. The molecule has 1 rings (SSSR count). The third-order valence-corrected chi connectivity index (χ3v) is 2.64. The van der Waals surface area contributed by atoms with Crippen molar-refractivity contribution in [2.24, 2.45) is 5.92 Å². The molecule has 63 valence electrons. The van der Waals surface area contributed by atoms with Gasteiger partial charge in [-0.2, -0.15) is 0 Å². The normalized spacial score (nSPS) is 21.0. The van der Waals surface area contributed by atoms with Gasteiger partial charge in [0, 0.05) is 0 Å². The Morgan fingerprint density at radius 3 is 2.18 bits per heavy atom. The Hall–Kier alpha value is 0.774. The molecule has 0 fully saturated rings. The van der Waals surface area contributed by atoms with Gasteiger partial charge in [-0.15, -0.1) is 24.8 Å². The monoisotopic (exact) mass is 227 g/mol. The molecule has 0 radical (unpaired) electrons. The average Bonchev–Trinajstić information content (AvgIpc) is 2.13. The van der Waals surface area contributed by atoms with E-state index in [0.29, 0.717) is 5.92 Å². The molecule has 1 atom stereocenters. The number of halogens is 2. The summed E-state index contributed by atoms with van der Waals surface area (Å²) in [6.07, 6.45) is 5.82. The van der Waals surface area contributed by atoms with E-state index in [1.54, 1.807) is 0 Å². The Balaban J connectivity index is 0. The Morgan fingerprint density at radius 2 is 2.00 bits per heavy atom. The first-order valence-electron chi connectivity index (χ1n) is 3.38. The third-order valence-electron chi connectivity index (χ3n) is 1.70. The molecule has 11 heavy (non-hydrogen) atoms. The molecule has 0 aromatic carbocycles. The van der Waals surface area contributed by atoms with E-state index in [1.807, 2.05) is 0 Å². The summed E-state index contributed by atoms with van der Waals surface area (Å²) < 4.78 is 1.51. The van der Waals surface area contributed by atoms with Gasteiger partial charge >= 0.3 is 68.2 Å². The van der Waals surface area contributed by atoms with Crippen molar-refractivity contribution < 1.29 is 20.4 Å². The fraction of sp³-hybridized carbons (Fsp3) is 0.500. The maximum absolute atomic E-state index is 2.34. The molecule has 3 heteroatoms. The molecule has 1 unspecified atom stereocenters. The van der Waals surface area contributed by atoms with Crippen LogP contribution >= 0.6 is 24.8 Å². The molecule has 0 saturated heterocycles. The van der Waals surface area contributed by atoms with Crippen molar-refractivity contribution >= 4 is 24.8 Å². The van der Waals surface area contributed by atoms with Gasteiger partial charge in [0.15, 0.2) is 0 Å². The van der Waals surface area contributed by atoms with Crippen molar-refractivity contribution in [3.63, 3.8) is 0 Å². The largest absolute Gasteiger partial charge is 0.147 e. The first-order chi connectivity index (χ1) is 4.24. The first kappa shape index (κ1) is 14.3. The van der Waals surface area contributed by atoms with Gasteiger partial charge < -0.3 is 0 Å². The van der Waals surface area contributed by atoms with E-state index in [4.69, 9.17) is 0 Å². The maximum Gasteiger partial charge on any atom is -0.147 e. The van der Waals surface area contributed by atoms with Crippen LogP contribution in [0.3, 0.4) is 0 Å². The summed E-state index contributed by atoms with van der Waals surface area (Å²) in [7, 11) is 0. The van der Waals surface area contributed by atoms with Gasteiger partial charge in [-0.3, -0.25) is 0 Å². The van der Waals surface area contributed by atoms with Crippen LogP contribution in [0.2, 0.25) is 0 Å². The Bertz CT molecular complexity index is 173. The van der Waals surface area contributed by atoms with E-state index in [-0.39, 0.29) is 24.8 Å². The summed E-state index contributed by atoms with van der Waals surface area (Å²) in [6, 6.07) is 0. The zero-order valence-electron chi connectivity index (χ0n) is 6.76. The van der Waals surface area contributed by atoms with Crippen molar-refractivity contribution in [1.29, 1.82) is 0 Å². The third kappa shape index (κ3) is 3.80. The number of hydrogen-bond donors (Lipinski definition) is 0. The Kier molecular flexibility index (Phi) is 8.20. The van der Waals surface area contributed by atoms with Gasteiger partial charge in [-0.05, 0) is 0 Å². The molecule has 0 amide bonds. The number of hydrogen-bond acceptors (Lipinski definition) is 0. The molecule has 1 aliphatic carbocycles. The predicted molar refractivity (Wildman–Crippen MR) is 50.1 cm³/mol. The van der Waals surface area contributed by atoms with Crippen LogP contribution in [0.25, 0.3) is 0 Å². The van der Waals surface area contributed by atoms with Gasteiger partial charge in [0.05, 0.1) is 0 Å². The van der Waals surface area contributed by atoms with Crippen molar-refractivity contribution in [1.82, 2.24) is 0 Å². The average molecular weight is 228 g/mol. The molecule has 0 nitrogen and oxygen atoms in total. The van der Waals surface area contributed by atoms with E-state index in [1.165, 1.54) is 15.9 Å². The summed E-state index contributed by atoms with van der Waals surface area (Å²) in [4.78, 5) is 0. The SMILES string of the molecule is CCC1=CC(C)[C]([Ti])=C1.Cl.Cl. The van der Waals surface area contributed by atoms with Crippen LogP contribution in [0.1, 0.15) is 20.3 Å². The summed E-state index contributed by atoms with van der Waals surface area (Å²) in [6.45, 7) is 4.45. The van der Waals surface area contributed by atoms with Crippen molar-refractivity contribution in [2.45, 2.75) is 20.3 Å². The van der Waals surface area contributed by atoms with Gasteiger partial charge in [0.25, 0.3) is 0 Å². The number of allylic oxidation sites excluding steroid dienone is 4. The fourth-order valence-electron chi connectivity index (χ4n) is 1.01. The molecule has 0 aromatic heterocycles. The molecule has 0 N–H and O–H groups in total. The minimum absolute atomic E-state index is 0. The van der Waals surface area contributed by atoms with E-state index in [0.717, 1.165) is 0 Å². The smallest absolute Gasteiger partial charge is 0.147 e. The minimum atomic E-state index is 0. The van der Waals surface area contributed by atoms with Crippen molar-refractivity contribution in [3.8, 4) is 0 Å². The summed E-state index contributed by atoms with van der Waals surface area (Å²) >= 11 is 2.20. The Morgan fingerprint density at radius 1 is 1.45 bits per heavy atom. The van der Waals surface area contributed by atoms with Gasteiger partial charge in [0.1, 0.15) is 0 Å². The molecular formula is C8H13Cl2Ti. The van der Waals surface area contributed by atoms with Crippen LogP contribution in [-0.2, 0) is 20.4 Å². The van der Waals surface area contributed by atoms with Crippen LogP contribution in [0.4, 0.5) is 0 Å². The summed E-state index contributed by atoms with van der Waals surface area (Å²) in [5.74, 6) is 0.694. The van der Waals surface area contributed by atoms with E-state index in [9.17, 15) is 0 Å². The standard InChI is InChI=1S/C8H11.2ClH.Ti/c1-3-8-5-4-7(2)6-8;;;/h5-7H,3H2,1-2H3;2*1H;. The molecule has 0 heterocycles. The number of rotatable bonds is 1. The molecule has 0 aromatic rings. The second-order valence-electron chi connectivity index (χ2n) is 2.48. The molecule has 0 aliphatic heterocycles. The zero-order chi connectivity index (χ0) is 6.85. The first-order valence-corrected chi connectivity index (χ1v) is 4.16. The molecular weight excluding hydrogens is 215 g/mol. The molecule has 0 saturated carbocycles. The van der Waals surface area contributed by atoms with Crippen molar-refractivity contribution in [2.75, 3.05) is 0 Å². The molecule has 0 spiro atoms. The predicted octanol–water partition coefficient (Wildman–Crippen LogP) is 3.25. The van der Waals surface area contributed by atoms with Gasteiger partial charge in [-0.25, -0.2) is 0 Å². The summed E-state index contributed by atoms with van der Waals surface area (Å²) in [5, 5.41) is 0. The molecule has 1 aliphatic rings. The van der Waals surface area contributed by atoms with E-state index >= 15 is 0 Å². The minimum Gasteiger partial charge on any atom is -0.147 e. The van der Waals surface area contributed by atoms with Gasteiger partial charge in [-0.1, -0.05) is 0 Å². The Labute approximate surface area is 92.7 Å².